The minimum Gasteiger partial charge on any atom is -0.508 e. The zero-order valence-electron chi connectivity index (χ0n) is 32.6. The Hall–Kier alpha value is -7.42. The number of amides is 4. The Morgan fingerprint density at radius 3 is 2.10 bits per heavy atom. The molecule has 2 saturated heterocycles. The molecule has 0 radical (unpaired) electrons. The Kier molecular flexibility index (Phi) is 8.80. The number of nitrogens with zero attached hydrogens (tertiary/aromatic N) is 5. The number of anilines is 3. The van der Waals surface area contributed by atoms with E-state index in [1.54, 1.807) is 54.6 Å². The fourth-order valence-electron chi connectivity index (χ4n) is 10.4. The van der Waals surface area contributed by atoms with Gasteiger partial charge in [-0.3, -0.25) is 44.8 Å². The number of nitro benzene ring substituents is 2. The molecule has 0 spiro atoms. The Morgan fingerprint density at radius 1 is 0.800 bits per heavy atom. The highest BCUT2D eigenvalue weighted by Crippen LogP contribution is 2.65. The van der Waals surface area contributed by atoms with Crippen molar-refractivity contribution in [3.63, 3.8) is 0 Å². The van der Waals surface area contributed by atoms with Crippen LogP contribution in [0.2, 0.25) is 0 Å². The molecule has 2 aliphatic heterocycles. The molecule has 4 amide bonds. The number of nitrogens with one attached hydrogen (secondary N) is 1. The van der Waals surface area contributed by atoms with Crippen LogP contribution in [-0.2, 0) is 24.6 Å². The Balaban J connectivity index is 1.25. The number of benzene rings is 5. The minimum atomic E-state index is -1.65. The van der Waals surface area contributed by atoms with Gasteiger partial charge in [0.2, 0.25) is 11.8 Å². The van der Waals surface area contributed by atoms with E-state index >= 15 is 9.59 Å². The van der Waals surface area contributed by atoms with Crippen LogP contribution in [0.5, 0.6) is 5.75 Å². The number of hydrazine groups is 1. The summed E-state index contributed by atoms with van der Waals surface area (Å²) in [5.74, 6) is -7.76. The lowest BCUT2D eigenvalue weighted by Gasteiger charge is -2.51. The number of imide groups is 2. The van der Waals surface area contributed by atoms with Crippen molar-refractivity contribution >= 4 is 62.8 Å². The predicted octanol–water partition coefficient (Wildman–Crippen LogP) is 6.93. The number of aryl methyl sites for hydroxylation is 1. The molecular weight excluding hydrogens is 769 g/mol. The van der Waals surface area contributed by atoms with E-state index in [4.69, 9.17) is 0 Å². The first-order chi connectivity index (χ1) is 28.7. The zero-order valence-corrected chi connectivity index (χ0v) is 32.6. The van der Waals surface area contributed by atoms with Crippen LogP contribution in [-0.4, -0.2) is 57.7 Å². The maximum atomic E-state index is 15.6. The van der Waals surface area contributed by atoms with Gasteiger partial charge < -0.3 is 10.0 Å². The summed E-state index contributed by atoms with van der Waals surface area (Å²) in [5, 5.41) is 39.0. The second-order valence-electron chi connectivity index (χ2n) is 16.1. The maximum absolute atomic E-state index is 15.6. The summed E-state index contributed by atoms with van der Waals surface area (Å²) < 4.78 is 0. The molecule has 4 aliphatic rings. The fraction of sp³-hybridized carbons (Fsp3) is 0.244. The normalized spacial score (nSPS) is 24.5. The highest BCUT2D eigenvalue weighted by molar-refractivity contribution is 6.23. The number of aromatic hydroxyl groups is 1. The SMILES string of the molecule is Cc1ccc(NN2C(=O)[C@@H]3C[C@@H]4C(=CC[C@@H]5C(=O)N(c6cc([N+](=O)[O-])c(N(C)C)c([N+](=O)[O-])c6)C(=O)[C@@H]54)[C@H](c4c(O)ccc5ccccc45)[C@]3(c3ccccc3)C2=O)cc1. The van der Waals surface area contributed by atoms with Gasteiger partial charge in [-0.2, -0.15) is 5.01 Å². The standard InChI is InChI=1S/C45H38N6O9/c1-24-13-16-27(17-14-24)46-49-42(54)33-23-32-30(39(45(33,44(49)56)26-10-5-4-6-11-26)38-29-12-8-7-9-25(29)15-20-36(38)52)18-19-31-37(32)43(55)48(41(31)53)28-21-34(50(57)58)40(47(2)3)35(22-28)51(59)60/h4-18,20-22,31-33,37,39,46,52H,19,23H2,1-3H3/t31-,32+,33-,37-,39+,45+/m0/s1. The first-order valence-electron chi connectivity index (χ1n) is 19.4. The molecule has 1 saturated carbocycles. The van der Waals surface area contributed by atoms with Gasteiger partial charge in [-0.05, 0) is 60.2 Å². The van der Waals surface area contributed by atoms with Crippen LogP contribution in [0.1, 0.15) is 35.4 Å². The summed E-state index contributed by atoms with van der Waals surface area (Å²) in [6.45, 7) is 1.91. The summed E-state index contributed by atoms with van der Waals surface area (Å²) in [6, 6.07) is 28.8. The molecule has 0 aromatic heterocycles. The number of rotatable bonds is 8. The Bertz CT molecular complexity index is 2700. The predicted molar refractivity (Wildman–Crippen MR) is 221 cm³/mol. The summed E-state index contributed by atoms with van der Waals surface area (Å²) in [5.41, 5.74) is 2.42. The summed E-state index contributed by atoms with van der Waals surface area (Å²) in [4.78, 5) is 85.0. The Labute approximate surface area is 342 Å². The van der Waals surface area contributed by atoms with Crippen molar-refractivity contribution < 1.29 is 34.1 Å². The van der Waals surface area contributed by atoms with Crippen LogP contribution >= 0.6 is 0 Å². The highest BCUT2D eigenvalue weighted by Gasteiger charge is 2.71. The van der Waals surface area contributed by atoms with Crippen LogP contribution in [0, 0.1) is 50.8 Å². The third-order valence-electron chi connectivity index (χ3n) is 12.8. The topological polar surface area (TPSA) is 197 Å². The molecule has 9 rings (SSSR count). The average molecular weight is 807 g/mol. The van der Waals surface area contributed by atoms with Gasteiger partial charge in [0.05, 0.1) is 44.4 Å². The van der Waals surface area contributed by atoms with Gasteiger partial charge in [-0.15, -0.1) is 0 Å². The zero-order chi connectivity index (χ0) is 42.4. The summed E-state index contributed by atoms with van der Waals surface area (Å²) >= 11 is 0. The first-order valence-corrected chi connectivity index (χ1v) is 19.4. The molecule has 15 heteroatoms. The van der Waals surface area contributed by atoms with E-state index in [9.17, 15) is 34.9 Å². The van der Waals surface area contributed by atoms with Crippen molar-refractivity contribution in [1.29, 1.82) is 0 Å². The van der Waals surface area contributed by atoms with Crippen molar-refractivity contribution in [2.45, 2.75) is 31.1 Å². The van der Waals surface area contributed by atoms with Crippen molar-refractivity contribution in [1.82, 2.24) is 5.01 Å². The maximum Gasteiger partial charge on any atom is 0.301 e. The fourth-order valence-corrected chi connectivity index (χ4v) is 10.4. The van der Waals surface area contributed by atoms with Gasteiger partial charge >= 0.3 is 11.4 Å². The molecule has 5 aromatic carbocycles. The second kappa shape index (κ2) is 13.9. The smallest absolute Gasteiger partial charge is 0.301 e. The van der Waals surface area contributed by atoms with Gasteiger partial charge in [-0.25, -0.2) is 4.90 Å². The van der Waals surface area contributed by atoms with E-state index in [0.717, 1.165) is 33.0 Å². The van der Waals surface area contributed by atoms with Gasteiger partial charge in [0.25, 0.3) is 11.8 Å². The van der Waals surface area contributed by atoms with Crippen LogP contribution in [0.3, 0.4) is 0 Å². The van der Waals surface area contributed by atoms with Crippen LogP contribution in [0.15, 0.2) is 115 Å². The van der Waals surface area contributed by atoms with E-state index < -0.39 is 79.9 Å². The van der Waals surface area contributed by atoms with E-state index in [2.05, 4.69) is 5.43 Å². The molecule has 0 bridgehead atoms. The van der Waals surface area contributed by atoms with Gasteiger partial charge in [0, 0.05) is 37.7 Å². The highest BCUT2D eigenvalue weighted by atomic mass is 16.6. The number of phenolic OH excluding ortho intramolecular Hbond substituents is 1. The largest absolute Gasteiger partial charge is 0.508 e. The van der Waals surface area contributed by atoms with Gasteiger partial charge in [0.1, 0.15) is 5.75 Å². The van der Waals surface area contributed by atoms with Crippen molar-refractivity contribution in [2.75, 3.05) is 29.3 Å². The van der Waals surface area contributed by atoms with Crippen molar-refractivity contribution in [3.05, 3.63) is 152 Å². The number of nitro groups is 2. The van der Waals surface area contributed by atoms with Crippen molar-refractivity contribution in [2.24, 2.45) is 23.7 Å². The molecule has 6 atom stereocenters. The third kappa shape index (κ3) is 5.41. The van der Waals surface area contributed by atoms with Gasteiger partial charge in [0.15, 0.2) is 5.69 Å². The molecule has 2 N–H and O–H groups in total. The van der Waals surface area contributed by atoms with E-state index in [1.165, 1.54) is 19.0 Å². The second-order valence-corrected chi connectivity index (χ2v) is 16.1. The molecule has 302 valence electrons. The Morgan fingerprint density at radius 2 is 1.45 bits per heavy atom. The molecule has 3 fully saturated rings. The van der Waals surface area contributed by atoms with E-state index in [-0.39, 0.29) is 30.0 Å². The number of fused-ring (bicyclic) bond motifs is 5. The average Bonchev–Trinajstić information content (AvgIpc) is 3.62. The molecule has 60 heavy (non-hydrogen) atoms. The molecule has 2 aliphatic carbocycles. The molecule has 0 unspecified atom stereocenters. The molecular formula is C45H38N6O9. The summed E-state index contributed by atoms with van der Waals surface area (Å²) in [7, 11) is 2.83. The minimum absolute atomic E-state index is 0.0164. The number of allylic oxidation sites excluding steroid dienone is 2. The number of hydrogen-bond acceptors (Lipinski definition) is 11. The number of hydrogen-bond donors (Lipinski definition) is 2. The number of phenols is 1. The van der Waals surface area contributed by atoms with Crippen molar-refractivity contribution in [3.8, 4) is 5.75 Å². The van der Waals surface area contributed by atoms with Crippen LogP contribution in [0.4, 0.5) is 28.4 Å². The third-order valence-corrected chi connectivity index (χ3v) is 12.8. The van der Waals surface area contributed by atoms with E-state index in [1.807, 2.05) is 49.4 Å². The summed E-state index contributed by atoms with van der Waals surface area (Å²) in [6.07, 6.45) is 1.80. The lowest BCUT2D eigenvalue weighted by atomic mass is 9.48. The van der Waals surface area contributed by atoms with Gasteiger partial charge in [-0.1, -0.05) is 90.0 Å². The van der Waals surface area contributed by atoms with Crippen LogP contribution in [0.25, 0.3) is 10.8 Å². The lowest BCUT2D eigenvalue weighted by Crippen LogP contribution is -2.53. The first kappa shape index (κ1) is 38.1. The quantitative estimate of drug-likeness (QED) is 0.0714. The van der Waals surface area contributed by atoms with Crippen LogP contribution < -0.4 is 15.2 Å². The molecule has 5 aromatic rings. The monoisotopic (exact) mass is 806 g/mol. The molecule has 15 nitrogen and oxygen atoms in total. The number of carbonyl (C=O) groups is 4. The molecule has 2 heterocycles. The van der Waals surface area contributed by atoms with E-state index in [0.29, 0.717) is 27.8 Å². The lowest BCUT2D eigenvalue weighted by molar-refractivity contribution is -0.392. The number of carbonyl (C=O) groups excluding carboxylic acids is 4.